The lowest BCUT2D eigenvalue weighted by Crippen LogP contribution is -2.32. The number of nitrogens with zero attached hydrogens (tertiary/aromatic N) is 1. The molecule has 0 aromatic heterocycles. The standard InChI is InChI=1S/C17H19N3O/c1-12-6-7-15(14(18)10-12)19-17(21)11-20-9-8-13-4-2-3-5-16(13)20/h2-7,10H,8-9,11,18H2,1H3,(H,19,21). The van der Waals surface area contributed by atoms with E-state index in [9.17, 15) is 4.79 Å². The molecule has 0 unspecified atom stereocenters. The lowest BCUT2D eigenvalue weighted by atomic mass is 10.2. The molecule has 1 aliphatic heterocycles. The molecular weight excluding hydrogens is 262 g/mol. The van der Waals surface area contributed by atoms with Gasteiger partial charge in [0.1, 0.15) is 0 Å². The van der Waals surface area contributed by atoms with E-state index >= 15 is 0 Å². The van der Waals surface area contributed by atoms with Crippen LogP contribution >= 0.6 is 0 Å². The Morgan fingerprint density at radius 3 is 2.90 bits per heavy atom. The van der Waals surface area contributed by atoms with Crippen LogP contribution in [0.3, 0.4) is 0 Å². The van der Waals surface area contributed by atoms with E-state index in [1.165, 1.54) is 5.56 Å². The second-order valence-corrected chi connectivity index (χ2v) is 5.44. The number of amides is 1. The Morgan fingerprint density at radius 2 is 2.10 bits per heavy atom. The third-order valence-electron chi connectivity index (χ3n) is 3.80. The van der Waals surface area contributed by atoms with Crippen molar-refractivity contribution in [1.29, 1.82) is 0 Å². The lowest BCUT2D eigenvalue weighted by Gasteiger charge is -2.19. The second-order valence-electron chi connectivity index (χ2n) is 5.44. The van der Waals surface area contributed by atoms with Gasteiger partial charge >= 0.3 is 0 Å². The molecule has 4 heteroatoms. The van der Waals surface area contributed by atoms with E-state index in [0.717, 1.165) is 24.2 Å². The van der Waals surface area contributed by atoms with Crippen molar-refractivity contribution in [3.63, 3.8) is 0 Å². The van der Waals surface area contributed by atoms with Crippen LogP contribution in [0.15, 0.2) is 42.5 Å². The van der Waals surface area contributed by atoms with Crippen molar-refractivity contribution in [3.05, 3.63) is 53.6 Å². The maximum absolute atomic E-state index is 12.2. The molecule has 1 amide bonds. The molecule has 2 aromatic carbocycles. The first-order valence-electron chi connectivity index (χ1n) is 7.12. The van der Waals surface area contributed by atoms with Gasteiger partial charge in [0.05, 0.1) is 17.9 Å². The van der Waals surface area contributed by atoms with Gasteiger partial charge < -0.3 is 16.0 Å². The van der Waals surface area contributed by atoms with Crippen LogP contribution in [0.2, 0.25) is 0 Å². The number of benzene rings is 2. The molecule has 0 spiro atoms. The van der Waals surface area contributed by atoms with Gasteiger partial charge in [-0.15, -0.1) is 0 Å². The topological polar surface area (TPSA) is 58.4 Å². The molecule has 2 aromatic rings. The Balaban J connectivity index is 1.68. The largest absolute Gasteiger partial charge is 0.397 e. The molecule has 0 fully saturated rings. The number of rotatable bonds is 3. The van der Waals surface area contributed by atoms with Gasteiger partial charge in [-0.2, -0.15) is 0 Å². The van der Waals surface area contributed by atoms with Crippen molar-refractivity contribution in [2.45, 2.75) is 13.3 Å². The number of nitrogen functional groups attached to an aromatic ring is 1. The molecule has 21 heavy (non-hydrogen) atoms. The summed E-state index contributed by atoms with van der Waals surface area (Å²) in [5.41, 5.74) is 10.8. The minimum atomic E-state index is -0.0396. The van der Waals surface area contributed by atoms with Gasteiger partial charge in [0.25, 0.3) is 0 Å². The summed E-state index contributed by atoms with van der Waals surface area (Å²) in [5, 5.41) is 2.89. The lowest BCUT2D eigenvalue weighted by molar-refractivity contribution is -0.115. The van der Waals surface area contributed by atoms with Crippen LogP contribution in [-0.2, 0) is 11.2 Å². The molecule has 108 valence electrons. The Kier molecular flexibility index (Phi) is 3.52. The number of nitrogens with one attached hydrogen (secondary N) is 1. The van der Waals surface area contributed by atoms with E-state index in [1.54, 1.807) is 0 Å². The van der Waals surface area contributed by atoms with Crippen molar-refractivity contribution < 1.29 is 4.79 Å². The van der Waals surface area contributed by atoms with E-state index in [-0.39, 0.29) is 5.91 Å². The molecule has 4 nitrogen and oxygen atoms in total. The van der Waals surface area contributed by atoms with Crippen LogP contribution in [0, 0.1) is 6.92 Å². The number of hydrogen-bond acceptors (Lipinski definition) is 3. The Labute approximate surface area is 124 Å². The maximum Gasteiger partial charge on any atom is 0.243 e. The van der Waals surface area contributed by atoms with Gasteiger partial charge in [-0.3, -0.25) is 4.79 Å². The molecule has 0 aliphatic carbocycles. The molecule has 0 saturated carbocycles. The summed E-state index contributed by atoms with van der Waals surface area (Å²) in [4.78, 5) is 14.3. The molecule has 3 N–H and O–H groups in total. The zero-order chi connectivity index (χ0) is 14.8. The molecule has 1 heterocycles. The number of anilines is 3. The van der Waals surface area contributed by atoms with Gasteiger partial charge in [0, 0.05) is 12.2 Å². The maximum atomic E-state index is 12.2. The van der Waals surface area contributed by atoms with E-state index in [1.807, 2.05) is 37.3 Å². The summed E-state index contributed by atoms with van der Waals surface area (Å²) in [6.45, 7) is 3.21. The van der Waals surface area contributed by atoms with Gasteiger partial charge in [-0.05, 0) is 42.7 Å². The number of para-hydroxylation sites is 1. The summed E-state index contributed by atoms with van der Waals surface area (Å²) in [6, 6.07) is 13.9. The summed E-state index contributed by atoms with van der Waals surface area (Å²) < 4.78 is 0. The first-order chi connectivity index (χ1) is 10.1. The number of carbonyl (C=O) groups excluding carboxylic acids is 1. The van der Waals surface area contributed by atoms with Crippen molar-refractivity contribution in [2.24, 2.45) is 0 Å². The van der Waals surface area contributed by atoms with Crippen LogP contribution < -0.4 is 16.0 Å². The van der Waals surface area contributed by atoms with Crippen LogP contribution in [0.4, 0.5) is 17.1 Å². The number of aryl methyl sites for hydroxylation is 1. The third kappa shape index (κ3) is 2.84. The number of hydrogen-bond donors (Lipinski definition) is 2. The zero-order valence-corrected chi connectivity index (χ0v) is 12.1. The highest BCUT2D eigenvalue weighted by atomic mass is 16.2. The van der Waals surface area contributed by atoms with E-state index < -0.39 is 0 Å². The van der Waals surface area contributed by atoms with Gasteiger partial charge in [-0.25, -0.2) is 0 Å². The number of fused-ring (bicyclic) bond motifs is 1. The molecule has 1 aliphatic rings. The predicted octanol–water partition coefficient (Wildman–Crippen LogP) is 2.58. The summed E-state index contributed by atoms with van der Waals surface area (Å²) in [7, 11) is 0. The fraction of sp³-hybridized carbons (Fsp3) is 0.235. The molecule has 0 atom stereocenters. The first kappa shape index (κ1) is 13.5. The smallest absolute Gasteiger partial charge is 0.243 e. The number of nitrogens with two attached hydrogens (primary N) is 1. The van der Waals surface area contributed by atoms with Crippen LogP contribution in [0.25, 0.3) is 0 Å². The average molecular weight is 281 g/mol. The zero-order valence-electron chi connectivity index (χ0n) is 12.1. The van der Waals surface area contributed by atoms with Gasteiger partial charge in [0.2, 0.25) is 5.91 Å². The average Bonchev–Trinajstić information content (AvgIpc) is 2.85. The van der Waals surface area contributed by atoms with Crippen molar-refractivity contribution in [2.75, 3.05) is 29.0 Å². The molecule has 0 radical (unpaired) electrons. The van der Waals surface area contributed by atoms with E-state index in [4.69, 9.17) is 5.73 Å². The fourth-order valence-electron chi connectivity index (χ4n) is 2.73. The second kappa shape index (κ2) is 5.48. The SMILES string of the molecule is Cc1ccc(NC(=O)CN2CCc3ccccc32)c(N)c1. The summed E-state index contributed by atoms with van der Waals surface area (Å²) >= 11 is 0. The molecule has 3 rings (SSSR count). The monoisotopic (exact) mass is 281 g/mol. The highest BCUT2D eigenvalue weighted by Gasteiger charge is 2.20. The Morgan fingerprint density at radius 1 is 1.29 bits per heavy atom. The minimum Gasteiger partial charge on any atom is -0.397 e. The highest BCUT2D eigenvalue weighted by Crippen LogP contribution is 2.27. The van der Waals surface area contributed by atoms with Crippen LogP contribution in [0.5, 0.6) is 0 Å². The van der Waals surface area contributed by atoms with Crippen molar-refractivity contribution in [3.8, 4) is 0 Å². The normalized spacial score (nSPS) is 13.1. The fourth-order valence-corrected chi connectivity index (χ4v) is 2.73. The van der Waals surface area contributed by atoms with Crippen molar-refractivity contribution >= 4 is 23.0 Å². The van der Waals surface area contributed by atoms with Gasteiger partial charge in [-0.1, -0.05) is 24.3 Å². The van der Waals surface area contributed by atoms with Crippen molar-refractivity contribution in [1.82, 2.24) is 0 Å². The molecule has 0 bridgehead atoms. The van der Waals surface area contributed by atoms with Crippen LogP contribution in [-0.4, -0.2) is 19.0 Å². The Bertz CT molecular complexity index is 681. The first-order valence-corrected chi connectivity index (χ1v) is 7.12. The number of carbonyl (C=O) groups is 1. The summed E-state index contributed by atoms with van der Waals surface area (Å²) in [5.74, 6) is -0.0396. The van der Waals surface area contributed by atoms with Crippen LogP contribution in [0.1, 0.15) is 11.1 Å². The predicted molar refractivity (Wildman–Crippen MR) is 86.6 cm³/mol. The quantitative estimate of drug-likeness (QED) is 0.850. The van der Waals surface area contributed by atoms with E-state index in [2.05, 4.69) is 22.3 Å². The molecular formula is C17H19N3O. The third-order valence-corrected chi connectivity index (χ3v) is 3.80. The minimum absolute atomic E-state index is 0.0396. The summed E-state index contributed by atoms with van der Waals surface area (Å²) in [6.07, 6.45) is 0.996. The van der Waals surface area contributed by atoms with Gasteiger partial charge in [0.15, 0.2) is 0 Å². The molecule has 0 saturated heterocycles. The Hall–Kier alpha value is -2.49. The highest BCUT2D eigenvalue weighted by molar-refractivity contribution is 5.97. The van der Waals surface area contributed by atoms with E-state index in [0.29, 0.717) is 17.9 Å².